The molecule has 1 aliphatic heterocycles. The zero-order valence-electron chi connectivity index (χ0n) is 15.2. The molecule has 2 aromatic rings. The van der Waals surface area contributed by atoms with Crippen molar-refractivity contribution < 1.29 is 23.2 Å². The second kappa shape index (κ2) is 8.30. The first kappa shape index (κ1) is 19.7. The van der Waals surface area contributed by atoms with E-state index < -0.39 is 22.2 Å². The third kappa shape index (κ3) is 4.25. The van der Waals surface area contributed by atoms with Crippen molar-refractivity contribution in [3.05, 3.63) is 69.3 Å². The van der Waals surface area contributed by atoms with Gasteiger partial charge in [0.05, 0.1) is 12.0 Å². The molecule has 148 valence electrons. The molecule has 0 saturated carbocycles. The van der Waals surface area contributed by atoms with Crippen molar-refractivity contribution in [2.75, 3.05) is 33.3 Å². The van der Waals surface area contributed by atoms with E-state index in [4.69, 9.17) is 4.74 Å². The lowest BCUT2D eigenvalue weighted by atomic mass is 10.1. The zero-order chi connectivity index (χ0) is 20.3. The van der Waals surface area contributed by atoms with Crippen LogP contribution in [0.15, 0.2) is 36.4 Å². The highest BCUT2D eigenvalue weighted by Gasteiger charge is 2.25. The molecule has 7 nitrogen and oxygen atoms in total. The number of methoxy groups -OCH3 is 1. The number of nitro groups is 1. The van der Waals surface area contributed by atoms with Crippen LogP contribution in [0.5, 0.6) is 5.75 Å². The van der Waals surface area contributed by atoms with E-state index in [1.54, 1.807) is 17.0 Å². The van der Waals surface area contributed by atoms with Crippen LogP contribution in [0.1, 0.15) is 15.9 Å². The van der Waals surface area contributed by atoms with E-state index in [2.05, 4.69) is 4.90 Å². The Kier molecular flexibility index (Phi) is 5.84. The molecule has 1 saturated heterocycles. The van der Waals surface area contributed by atoms with E-state index in [1.165, 1.54) is 19.2 Å². The Hall–Kier alpha value is -3.07. The van der Waals surface area contributed by atoms with Gasteiger partial charge in [-0.3, -0.25) is 19.8 Å². The maximum absolute atomic E-state index is 13.8. The molecule has 1 fully saturated rings. The number of hydrogen-bond acceptors (Lipinski definition) is 5. The van der Waals surface area contributed by atoms with Crippen LogP contribution in [0.2, 0.25) is 0 Å². The summed E-state index contributed by atoms with van der Waals surface area (Å²) in [6, 6.07) is 7.93. The molecule has 9 heteroatoms. The third-order valence-corrected chi connectivity index (χ3v) is 4.67. The summed E-state index contributed by atoms with van der Waals surface area (Å²) in [7, 11) is 1.41. The minimum absolute atomic E-state index is 0.0822. The third-order valence-electron chi connectivity index (χ3n) is 4.67. The minimum atomic E-state index is -0.974. The van der Waals surface area contributed by atoms with Crippen molar-refractivity contribution in [3.63, 3.8) is 0 Å². The molecular weight excluding hydrogens is 372 g/mol. The van der Waals surface area contributed by atoms with E-state index in [1.807, 2.05) is 0 Å². The van der Waals surface area contributed by atoms with Gasteiger partial charge in [0.15, 0.2) is 11.6 Å². The Morgan fingerprint density at radius 2 is 1.82 bits per heavy atom. The van der Waals surface area contributed by atoms with Crippen molar-refractivity contribution in [3.8, 4) is 5.75 Å². The number of rotatable bonds is 5. The zero-order valence-corrected chi connectivity index (χ0v) is 15.2. The number of hydrogen-bond donors (Lipinski definition) is 0. The van der Waals surface area contributed by atoms with Crippen LogP contribution in [0.3, 0.4) is 0 Å². The Morgan fingerprint density at radius 1 is 1.11 bits per heavy atom. The van der Waals surface area contributed by atoms with Gasteiger partial charge in [-0.25, -0.2) is 4.39 Å². The fraction of sp³-hybridized carbons (Fsp3) is 0.316. The quantitative estimate of drug-likeness (QED) is 0.579. The molecular formula is C19H19F2N3O4. The normalized spacial score (nSPS) is 14.8. The summed E-state index contributed by atoms with van der Waals surface area (Å²) < 4.78 is 32.2. The molecule has 1 amide bonds. The summed E-state index contributed by atoms with van der Waals surface area (Å²) in [6.45, 7) is 2.52. The van der Waals surface area contributed by atoms with Crippen LogP contribution in [-0.2, 0) is 6.54 Å². The summed E-state index contributed by atoms with van der Waals surface area (Å²) in [4.78, 5) is 26.2. The topological polar surface area (TPSA) is 75.9 Å². The average molecular weight is 391 g/mol. The van der Waals surface area contributed by atoms with Gasteiger partial charge >= 0.3 is 5.69 Å². The fourth-order valence-corrected chi connectivity index (χ4v) is 3.14. The number of nitrogens with zero attached hydrogens (tertiary/aromatic N) is 3. The maximum Gasteiger partial charge on any atom is 0.305 e. The number of benzene rings is 2. The molecule has 0 N–H and O–H groups in total. The Bertz CT molecular complexity index is 899. The lowest BCUT2D eigenvalue weighted by molar-refractivity contribution is -0.387. The predicted molar refractivity (Wildman–Crippen MR) is 97.2 cm³/mol. The van der Waals surface area contributed by atoms with Gasteiger partial charge in [-0.15, -0.1) is 0 Å². The number of amides is 1. The van der Waals surface area contributed by atoms with Gasteiger partial charge in [-0.1, -0.05) is 6.07 Å². The molecule has 2 aromatic carbocycles. The monoisotopic (exact) mass is 391 g/mol. The Morgan fingerprint density at radius 3 is 2.43 bits per heavy atom. The van der Waals surface area contributed by atoms with Gasteiger partial charge in [-0.2, -0.15) is 4.39 Å². The summed E-state index contributed by atoms with van der Waals surface area (Å²) in [5.41, 5.74) is 0.164. The maximum atomic E-state index is 13.8. The summed E-state index contributed by atoms with van der Waals surface area (Å²) in [5, 5.41) is 10.9. The first-order chi connectivity index (χ1) is 13.4. The van der Waals surface area contributed by atoms with Gasteiger partial charge in [-0.05, 0) is 29.8 Å². The SMILES string of the molecule is COc1ccc(CN2CCN(C(=O)c3ccc(F)c([N+](=O)[O-])c3)CC2)cc1F. The van der Waals surface area contributed by atoms with Gasteiger partial charge in [0.2, 0.25) is 5.82 Å². The highest BCUT2D eigenvalue weighted by Crippen LogP contribution is 2.21. The fourth-order valence-electron chi connectivity index (χ4n) is 3.14. The van der Waals surface area contributed by atoms with Crippen LogP contribution < -0.4 is 4.74 Å². The van der Waals surface area contributed by atoms with Crippen LogP contribution in [-0.4, -0.2) is 53.9 Å². The predicted octanol–water partition coefficient (Wildman–Crippen LogP) is 2.84. The van der Waals surface area contributed by atoms with Crippen molar-refractivity contribution in [1.82, 2.24) is 9.80 Å². The first-order valence-corrected chi connectivity index (χ1v) is 8.67. The van der Waals surface area contributed by atoms with E-state index in [-0.39, 0.29) is 17.2 Å². The number of halogens is 2. The number of piperazine rings is 1. The van der Waals surface area contributed by atoms with Crippen LogP contribution >= 0.6 is 0 Å². The van der Waals surface area contributed by atoms with E-state index >= 15 is 0 Å². The van der Waals surface area contributed by atoms with Gasteiger partial charge in [0, 0.05) is 44.4 Å². The standard InChI is InChI=1S/C19H19F2N3O4/c1-28-18-5-2-13(10-16(18)21)12-22-6-8-23(9-7-22)19(25)14-3-4-15(20)17(11-14)24(26)27/h2-5,10-11H,6-9,12H2,1H3. The van der Waals surface area contributed by atoms with Crippen LogP contribution in [0.4, 0.5) is 14.5 Å². The number of carbonyl (C=O) groups is 1. The molecule has 1 aliphatic rings. The minimum Gasteiger partial charge on any atom is -0.494 e. The highest BCUT2D eigenvalue weighted by molar-refractivity contribution is 5.95. The number of nitro benzene ring substituents is 1. The lowest BCUT2D eigenvalue weighted by Crippen LogP contribution is -2.48. The van der Waals surface area contributed by atoms with Gasteiger partial charge in [0.1, 0.15) is 0 Å². The van der Waals surface area contributed by atoms with Gasteiger partial charge in [0.25, 0.3) is 5.91 Å². The lowest BCUT2D eigenvalue weighted by Gasteiger charge is -2.34. The molecule has 0 bridgehead atoms. The molecule has 0 radical (unpaired) electrons. The van der Waals surface area contributed by atoms with Gasteiger partial charge < -0.3 is 9.64 Å². The van der Waals surface area contributed by atoms with Crippen molar-refractivity contribution >= 4 is 11.6 Å². The number of carbonyl (C=O) groups excluding carboxylic acids is 1. The Labute approximate surface area is 160 Å². The smallest absolute Gasteiger partial charge is 0.305 e. The van der Waals surface area contributed by atoms with E-state index in [0.29, 0.717) is 32.7 Å². The van der Waals surface area contributed by atoms with Crippen molar-refractivity contribution in [2.24, 2.45) is 0 Å². The molecule has 28 heavy (non-hydrogen) atoms. The van der Waals surface area contributed by atoms with E-state index in [0.717, 1.165) is 17.7 Å². The molecule has 0 aromatic heterocycles. The van der Waals surface area contributed by atoms with E-state index in [9.17, 15) is 23.7 Å². The molecule has 1 heterocycles. The van der Waals surface area contributed by atoms with Crippen LogP contribution in [0, 0.1) is 21.7 Å². The molecule has 0 atom stereocenters. The second-order valence-electron chi connectivity index (χ2n) is 6.46. The average Bonchev–Trinajstić information content (AvgIpc) is 2.68. The highest BCUT2D eigenvalue weighted by atomic mass is 19.1. The first-order valence-electron chi connectivity index (χ1n) is 8.67. The molecule has 0 aliphatic carbocycles. The van der Waals surface area contributed by atoms with Crippen molar-refractivity contribution in [2.45, 2.75) is 6.54 Å². The molecule has 3 rings (SSSR count). The summed E-state index contributed by atoms with van der Waals surface area (Å²) >= 11 is 0. The van der Waals surface area contributed by atoms with Crippen LogP contribution in [0.25, 0.3) is 0 Å². The molecule has 0 spiro atoms. The summed E-state index contributed by atoms with van der Waals surface area (Å²) in [6.07, 6.45) is 0. The number of ether oxygens (including phenoxy) is 1. The van der Waals surface area contributed by atoms with Crippen molar-refractivity contribution in [1.29, 1.82) is 0 Å². The Balaban J connectivity index is 1.60. The molecule has 0 unspecified atom stereocenters. The second-order valence-corrected chi connectivity index (χ2v) is 6.46. The summed E-state index contributed by atoms with van der Waals surface area (Å²) in [5.74, 6) is -1.59. The largest absolute Gasteiger partial charge is 0.494 e.